The molecule has 0 unspecified atom stereocenters. The molecule has 0 heterocycles. The highest BCUT2D eigenvalue weighted by atomic mass is 32.2. The average molecular weight is 211 g/mol. The molecule has 78 valence electrons. The van der Waals surface area contributed by atoms with Crippen LogP contribution < -0.4 is 5.32 Å². The summed E-state index contributed by atoms with van der Waals surface area (Å²) in [5.74, 6) is 0. The minimum absolute atomic E-state index is 0.122. The monoisotopic (exact) mass is 211 g/mol. The quantitative estimate of drug-likeness (QED) is 0.751. The molecule has 0 bridgehead atoms. The Labute approximate surface area is 89.7 Å². The van der Waals surface area contributed by atoms with E-state index in [0.29, 0.717) is 0 Å². The van der Waals surface area contributed by atoms with Crippen LogP contribution in [0.15, 0.2) is 29.2 Å². The summed E-state index contributed by atoms with van der Waals surface area (Å²) in [6, 6.07) is 8.20. The van der Waals surface area contributed by atoms with Gasteiger partial charge in [-0.2, -0.15) is 0 Å². The van der Waals surface area contributed by atoms with E-state index in [4.69, 9.17) is 5.11 Å². The SMILES string of the molecule is CSc1ccc(NC(C)(C)CO)cc1. The highest BCUT2D eigenvalue weighted by molar-refractivity contribution is 7.98. The molecule has 14 heavy (non-hydrogen) atoms. The Morgan fingerprint density at radius 3 is 2.29 bits per heavy atom. The number of thioether (sulfide) groups is 1. The van der Waals surface area contributed by atoms with E-state index < -0.39 is 0 Å². The lowest BCUT2D eigenvalue weighted by molar-refractivity contribution is 0.234. The van der Waals surface area contributed by atoms with Crippen molar-refractivity contribution in [1.82, 2.24) is 0 Å². The molecule has 0 aliphatic heterocycles. The first kappa shape index (κ1) is 11.4. The van der Waals surface area contributed by atoms with Gasteiger partial charge in [0.2, 0.25) is 0 Å². The molecular formula is C11H17NOS. The largest absolute Gasteiger partial charge is 0.394 e. The van der Waals surface area contributed by atoms with Crippen LogP contribution in [0, 0.1) is 0 Å². The van der Waals surface area contributed by atoms with Gasteiger partial charge < -0.3 is 10.4 Å². The van der Waals surface area contributed by atoms with Crippen molar-refractivity contribution in [3.05, 3.63) is 24.3 Å². The number of hydrogen-bond donors (Lipinski definition) is 2. The van der Waals surface area contributed by atoms with Gasteiger partial charge in [0.15, 0.2) is 0 Å². The average Bonchev–Trinajstić information content (AvgIpc) is 2.19. The summed E-state index contributed by atoms with van der Waals surface area (Å²) in [4.78, 5) is 1.25. The Bertz CT molecular complexity index is 282. The van der Waals surface area contributed by atoms with Gasteiger partial charge >= 0.3 is 0 Å². The van der Waals surface area contributed by atoms with Crippen LogP contribution in [0.5, 0.6) is 0 Å². The zero-order valence-corrected chi connectivity index (χ0v) is 9.69. The van der Waals surface area contributed by atoms with Gasteiger partial charge in [0.05, 0.1) is 12.1 Å². The van der Waals surface area contributed by atoms with Crippen LogP contribution in [0.2, 0.25) is 0 Å². The number of nitrogens with one attached hydrogen (secondary N) is 1. The lowest BCUT2D eigenvalue weighted by Gasteiger charge is -2.24. The predicted molar refractivity (Wildman–Crippen MR) is 63.0 cm³/mol. The third-order valence-electron chi connectivity index (χ3n) is 1.97. The number of rotatable bonds is 4. The van der Waals surface area contributed by atoms with E-state index in [2.05, 4.69) is 23.7 Å². The second-order valence-electron chi connectivity index (χ2n) is 3.90. The van der Waals surface area contributed by atoms with Crippen LogP contribution in [0.25, 0.3) is 0 Å². The van der Waals surface area contributed by atoms with Crippen LogP contribution in [-0.2, 0) is 0 Å². The smallest absolute Gasteiger partial charge is 0.0656 e. The molecule has 0 atom stereocenters. The molecule has 1 aromatic rings. The van der Waals surface area contributed by atoms with E-state index in [1.54, 1.807) is 11.8 Å². The van der Waals surface area contributed by atoms with Crippen molar-refractivity contribution in [3.63, 3.8) is 0 Å². The van der Waals surface area contributed by atoms with Gasteiger partial charge in [0.25, 0.3) is 0 Å². The molecule has 3 heteroatoms. The van der Waals surface area contributed by atoms with E-state index >= 15 is 0 Å². The molecule has 1 aromatic carbocycles. The first-order chi connectivity index (χ1) is 6.57. The number of aliphatic hydroxyl groups is 1. The van der Waals surface area contributed by atoms with Crippen molar-refractivity contribution in [2.24, 2.45) is 0 Å². The van der Waals surface area contributed by atoms with Gasteiger partial charge in [-0.25, -0.2) is 0 Å². The van der Waals surface area contributed by atoms with E-state index in [9.17, 15) is 0 Å². The molecule has 0 saturated heterocycles. The number of hydrogen-bond acceptors (Lipinski definition) is 3. The number of anilines is 1. The normalized spacial score (nSPS) is 11.4. The highest BCUT2D eigenvalue weighted by Gasteiger charge is 2.14. The van der Waals surface area contributed by atoms with Crippen molar-refractivity contribution >= 4 is 17.4 Å². The van der Waals surface area contributed by atoms with E-state index in [-0.39, 0.29) is 12.1 Å². The summed E-state index contributed by atoms with van der Waals surface area (Å²) >= 11 is 1.72. The third-order valence-corrected chi connectivity index (χ3v) is 2.71. The second kappa shape index (κ2) is 4.71. The molecule has 0 aliphatic rings. The molecule has 0 aromatic heterocycles. The Hall–Kier alpha value is -0.670. The van der Waals surface area contributed by atoms with Gasteiger partial charge in [-0.15, -0.1) is 11.8 Å². The van der Waals surface area contributed by atoms with Crippen molar-refractivity contribution in [2.45, 2.75) is 24.3 Å². The standard InChI is InChI=1S/C11H17NOS/c1-11(2,8-13)12-9-4-6-10(14-3)7-5-9/h4-7,12-13H,8H2,1-3H3. The van der Waals surface area contributed by atoms with Crippen molar-refractivity contribution < 1.29 is 5.11 Å². The lowest BCUT2D eigenvalue weighted by Crippen LogP contribution is -2.34. The Morgan fingerprint density at radius 1 is 1.29 bits per heavy atom. The summed E-state index contributed by atoms with van der Waals surface area (Å²) in [7, 11) is 0. The predicted octanol–water partition coefficient (Wildman–Crippen LogP) is 2.59. The molecule has 0 fully saturated rings. The van der Waals surface area contributed by atoms with Gasteiger partial charge in [-0.05, 0) is 44.4 Å². The minimum Gasteiger partial charge on any atom is -0.394 e. The fourth-order valence-electron chi connectivity index (χ4n) is 1.10. The van der Waals surface area contributed by atoms with E-state index in [1.807, 2.05) is 26.0 Å². The summed E-state index contributed by atoms with van der Waals surface area (Å²) in [6.07, 6.45) is 2.06. The summed E-state index contributed by atoms with van der Waals surface area (Å²) in [5.41, 5.74) is 0.780. The van der Waals surface area contributed by atoms with E-state index in [1.165, 1.54) is 4.90 Å². The maximum absolute atomic E-state index is 9.09. The molecule has 0 spiro atoms. The van der Waals surface area contributed by atoms with Crippen molar-refractivity contribution in [3.8, 4) is 0 Å². The zero-order valence-electron chi connectivity index (χ0n) is 8.87. The molecule has 1 rings (SSSR count). The molecule has 2 nitrogen and oxygen atoms in total. The molecular weight excluding hydrogens is 194 g/mol. The number of benzene rings is 1. The third kappa shape index (κ3) is 3.24. The Kier molecular flexibility index (Phi) is 3.84. The van der Waals surface area contributed by atoms with Crippen LogP contribution >= 0.6 is 11.8 Å². The van der Waals surface area contributed by atoms with Crippen LogP contribution in [0.4, 0.5) is 5.69 Å². The zero-order chi connectivity index (χ0) is 10.6. The highest BCUT2D eigenvalue weighted by Crippen LogP contribution is 2.19. The van der Waals surface area contributed by atoms with Crippen molar-refractivity contribution in [2.75, 3.05) is 18.2 Å². The van der Waals surface area contributed by atoms with E-state index in [0.717, 1.165) is 5.69 Å². The Balaban J connectivity index is 2.69. The lowest BCUT2D eigenvalue weighted by atomic mass is 10.1. The molecule has 2 N–H and O–H groups in total. The second-order valence-corrected chi connectivity index (χ2v) is 4.78. The van der Waals surface area contributed by atoms with Crippen LogP contribution in [0.3, 0.4) is 0 Å². The van der Waals surface area contributed by atoms with Crippen LogP contribution in [-0.4, -0.2) is 23.5 Å². The first-order valence-corrected chi connectivity index (χ1v) is 5.83. The molecule has 0 saturated carbocycles. The van der Waals surface area contributed by atoms with Gasteiger partial charge in [0, 0.05) is 10.6 Å². The number of aliphatic hydroxyl groups excluding tert-OH is 1. The van der Waals surface area contributed by atoms with Gasteiger partial charge in [0.1, 0.15) is 0 Å². The Morgan fingerprint density at radius 2 is 1.86 bits per heavy atom. The molecule has 0 aliphatic carbocycles. The summed E-state index contributed by atoms with van der Waals surface area (Å²) in [6.45, 7) is 4.06. The minimum atomic E-state index is -0.263. The summed E-state index contributed by atoms with van der Waals surface area (Å²) in [5, 5.41) is 12.3. The molecule has 0 radical (unpaired) electrons. The van der Waals surface area contributed by atoms with Crippen LogP contribution in [0.1, 0.15) is 13.8 Å². The van der Waals surface area contributed by atoms with Gasteiger partial charge in [-0.3, -0.25) is 0 Å². The maximum atomic E-state index is 9.09. The fraction of sp³-hybridized carbons (Fsp3) is 0.455. The maximum Gasteiger partial charge on any atom is 0.0656 e. The first-order valence-electron chi connectivity index (χ1n) is 4.60. The molecule has 0 amide bonds. The summed E-state index contributed by atoms with van der Waals surface area (Å²) < 4.78 is 0. The van der Waals surface area contributed by atoms with Gasteiger partial charge in [-0.1, -0.05) is 0 Å². The van der Waals surface area contributed by atoms with Crippen molar-refractivity contribution in [1.29, 1.82) is 0 Å². The fourth-order valence-corrected chi connectivity index (χ4v) is 1.51. The topological polar surface area (TPSA) is 32.3 Å².